The van der Waals surface area contributed by atoms with Crippen LogP contribution in [0.15, 0.2) is 16.0 Å². The lowest BCUT2D eigenvalue weighted by atomic mass is 9.99. The highest BCUT2D eigenvalue weighted by Crippen LogP contribution is 2.36. The van der Waals surface area contributed by atoms with Gasteiger partial charge in [-0.05, 0) is 43.9 Å². The highest BCUT2D eigenvalue weighted by molar-refractivity contribution is 7.13. The fraction of sp³-hybridized carbons (Fsp3) is 0.571. The minimum atomic E-state index is -0.388. The fourth-order valence-corrected chi connectivity index (χ4v) is 3.57. The fourth-order valence-electron chi connectivity index (χ4n) is 2.74. The van der Waals surface area contributed by atoms with Crippen LogP contribution in [0.4, 0.5) is 0 Å². The van der Waals surface area contributed by atoms with E-state index in [1.54, 1.807) is 11.3 Å². The van der Waals surface area contributed by atoms with Crippen LogP contribution in [0.2, 0.25) is 0 Å². The van der Waals surface area contributed by atoms with Crippen LogP contribution in [0.5, 0.6) is 0 Å². The number of nitrogens with two attached hydrogens (primary N) is 1. The van der Waals surface area contributed by atoms with E-state index < -0.39 is 0 Å². The van der Waals surface area contributed by atoms with Gasteiger partial charge in [-0.2, -0.15) is 4.98 Å². The Balaban J connectivity index is 1.89. The van der Waals surface area contributed by atoms with Gasteiger partial charge in [-0.3, -0.25) is 0 Å². The third kappa shape index (κ3) is 2.51. The first-order valence-corrected chi connectivity index (χ1v) is 7.81. The first-order chi connectivity index (χ1) is 9.58. The zero-order valence-corrected chi connectivity index (χ0v) is 12.7. The van der Waals surface area contributed by atoms with Crippen molar-refractivity contribution in [2.24, 2.45) is 5.73 Å². The molecule has 1 saturated carbocycles. The van der Waals surface area contributed by atoms with Crippen LogP contribution in [-0.2, 0) is 12.1 Å². The van der Waals surface area contributed by atoms with Crippen LogP contribution < -0.4 is 5.73 Å². The number of aromatic nitrogens is 2. The molecule has 0 spiro atoms. The van der Waals surface area contributed by atoms with Crippen molar-refractivity contribution in [2.75, 3.05) is 14.1 Å². The molecule has 0 saturated heterocycles. The highest BCUT2D eigenvalue weighted by atomic mass is 32.1. The Hall–Kier alpha value is -1.24. The Bertz CT molecular complexity index is 584. The van der Waals surface area contributed by atoms with E-state index in [9.17, 15) is 0 Å². The molecule has 0 atom stereocenters. The molecule has 5 nitrogen and oxygen atoms in total. The standard InChI is InChI=1S/C14H20N4OS/c1-18(2)9-10-5-8-20-11(10)12-16-13(17-19-12)14(15)6-3-4-7-14/h5,8H,3-4,6-7,9,15H2,1-2H3. The van der Waals surface area contributed by atoms with Crippen LogP contribution in [0.1, 0.15) is 37.1 Å². The largest absolute Gasteiger partial charge is 0.333 e. The topological polar surface area (TPSA) is 68.2 Å². The molecule has 108 valence electrons. The van der Waals surface area contributed by atoms with Crippen molar-refractivity contribution < 1.29 is 4.52 Å². The average molecular weight is 292 g/mol. The maximum Gasteiger partial charge on any atom is 0.268 e. The Kier molecular flexibility index (Phi) is 3.62. The van der Waals surface area contributed by atoms with Gasteiger partial charge < -0.3 is 15.2 Å². The smallest absolute Gasteiger partial charge is 0.268 e. The number of hydrogen-bond acceptors (Lipinski definition) is 6. The molecule has 0 unspecified atom stereocenters. The molecule has 6 heteroatoms. The van der Waals surface area contributed by atoms with Crippen molar-refractivity contribution in [1.29, 1.82) is 0 Å². The molecule has 2 N–H and O–H groups in total. The molecular formula is C14H20N4OS. The molecule has 0 aliphatic heterocycles. The molecule has 2 heterocycles. The summed E-state index contributed by atoms with van der Waals surface area (Å²) >= 11 is 1.64. The molecule has 1 aliphatic carbocycles. The Labute approximate surface area is 122 Å². The summed E-state index contributed by atoms with van der Waals surface area (Å²) < 4.78 is 5.46. The van der Waals surface area contributed by atoms with Crippen molar-refractivity contribution in [3.05, 3.63) is 22.8 Å². The molecule has 3 rings (SSSR count). The van der Waals surface area contributed by atoms with Crippen LogP contribution in [0.25, 0.3) is 10.8 Å². The lowest BCUT2D eigenvalue weighted by Gasteiger charge is -2.17. The lowest BCUT2D eigenvalue weighted by Crippen LogP contribution is -2.34. The maximum atomic E-state index is 6.38. The van der Waals surface area contributed by atoms with Gasteiger partial charge in [0.05, 0.1) is 10.4 Å². The Morgan fingerprint density at radius 2 is 2.15 bits per heavy atom. The number of thiophene rings is 1. The molecule has 20 heavy (non-hydrogen) atoms. The predicted molar refractivity (Wildman–Crippen MR) is 79.3 cm³/mol. The second kappa shape index (κ2) is 5.27. The first kappa shape index (κ1) is 13.7. The van der Waals surface area contributed by atoms with Crippen molar-refractivity contribution in [1.82, 2.24) is 15.0 Å². The van der Waals surface area contributed by atoms with E-state index in [-0.39, 0.29) is 5.54 Å². The summed E-state index contributed by atoms with van der Waals surface area (Å²) in [6.45, 7) is 0.865. The Morgan fingerprint density at radius 3 is 2.85 bits per heavy atom. The molecule has 0 aromatic carbocycles. The zero-order valence-electron chi connectivity index (χ0n) is 11.9. The molecule has 2 aromatic rings. The quantitative estimate of drug-likeness (QED) is 0.938. The second-order valence-electron chi connectivity index (χ2n) is 5.80. The first-order valence-electron chi connectivity index (χ1n) is 6.93. The van der Waals surface area contributed by atoms with Gasteiger partial charge in [-0.1, -0.05) is 18.0 Å². The van der Waals surface area contributed by atoms with Crippen LogP contribution in [0.3, 0.4) is 0 Å². The third-order valence-corrected chi connectivity index (χ3v) is 4.74. The molecule has 1 fully saturated rings. The predicted octanol–water partition coefficient (Wildman–Crippen LogP) is 2.59. The zero-order chi connectivity index (χ0) is 14.2. The van der Waals surface area contributed by atoms with E-state index >= 15 is 0 Å². The average Bonchev–Trinajstić information content (AvgIpc) is 3.07. The summed E-state index contributed by atoms with van der Waals surface area (Å²) in [6.07, 6.45) is 4.18. The summed E-state index contributed by atoms with van der Waals surface area (Å²) in [5.74, 6) is 1.26. The van der Waals surface area contributed by atoms with E-state index in [2.05, 4.69) is 26.5 Å². The second-order valence-corrected chi connectivity index (χ2v) is 6.72. The summed E-state index contributed by atoms with van der Waals surface area (Å²) in [7, 11) is 4.10. The minimum Gasteiger partial charge on any atom is -0.333 e. The normalized spacial score (nSPS) is 18.0. The van der Waals surface area contributed by atoms with Crippen LogP contribution >= 0.6 is 11.3 Å². The van der Waals surface area contributed by atoms with Crippen molar-refractivity contribution >= 4 is 11.3 Å². The minimum absolute atomic E-state index is 0.388. The van der Waals surface area contributed by atoms with E-state index in [0.717, 1.165) is 37.1 Å². The molecular weight excluding hydrogens is 272 g/mol. The number of hydrogen-bond donors (Lipinski definition) is 1. The van der Waals surface area contributed by atoms with Gasteiger partial charge in [0.25, 0.3) is 5.89 Å². The molecule has 0 amide bonds. The molecule has 0 radical (unpaired) electrons. The maximum absolute atomic E-state index is 6.38. The van der Waals surface area contributed by atoms with Crippen molar-refractivity contribution in [3.63, 3.8) is 0 Å². The van der Waals surface area contributed by atoms with Gasteiger partial charge in [-0.25, -0.2) is 0 Å². The Morgan fingerprint density at radius 1 is 1.40 bits per heavy atom. The lowest BCUT2D eigenvalue weighted by molar-refractivity contribution is 0.372. The summed E-state index contributed by atoms with van der Waals surface area (Å²) in [5, 5.41) is 6.19. The molecule has 1 aliphatic rings. The molecule has 2 aromatic heterocycles. The van der Waals surface area contributed by atoms with Gasteiger partial charge in [0, 0.05) is 6.54 Å². The number of nitrogens with zero attached hydrogens (tertiary/aromatic N) is 3. The van der Waals surface area contributed by atoms with E-state index in [1.165, 1.54) is 5.56 Å². The highest BCUT2D eigenvalue weighted by Gasteiger charge is 2.36. The summed E-state index contributed by atoms with van der Waals surface area (Å²) in [5.41, 5.74) is 7.20. The van der Waals surface area contributed by atoms with E-state index in [0.29, 0.717) is 11.7 Å². The monoisotopic (exact) mass is 292 g/mol. The van der Waals surface area contributed by atoms with Gasteiger partial charge >= 0.3 is 0 Å². The third-order valence-electron chi connectivity index (χ3n) is 3.79. The van der Waals surface area contributed by atoms with Crippen molar-refractivity contribution in [2.45, 2.75) is 37.8 Å². The van der Waals surface area contributed by atoms with Crippen molar-refractivity contribution in [3.8, 4) is 10.8 Å². The van der Waals surface area contributed by atoms with Gasteiger partial charge in [0.2, 0.25) is 0 Å². The number of rotatable bonds is 4. The van der Waals surface area contributed by atoms with E-state index in [1.807, 2.05) is 14.1 Å². The van der Waals surface area contributed by atoms with E-state index in [4.69, 9.17) is 10.3 Å². The van der Waals surface area contributed by atoms with Gasteiger partial charge in [0.1, 0.15) is 0 Å². The van der Waals surface area contributed by atoms with Crippen LogP contribution in [0, 0.1) is 0 Å². The summed E-state index contributed by atoms with van der Waals surface area (Å²) in [4.78, 5) is 7.75. The SMILES string of the molecule is CN(C)Cc1ccsc1-c1nc(C2(N)CCCC2)no1. The summed E-state index contributed by atoms with van der Waals surface area (Å²) in [6, 6.07) is 2.11. The molecule has 0 bridgehead atoms. The van der Waals surface area contributed by atoms with Crippen LogP contribution in [-0.4, -0.2) is 29.1 Å². The van der Waals surface area contributed by atoms with Gasteiger partial charge in [0.15, 0.2) is 5.82 Å². The van der Waals surface area contributed by atoms with Gasteiger partial charge in [-0.15, -0.1) is 11.3 Å².